The third-order valence-electron chi connectivity index (χ3n) is 11.0. The molecule has 0 spiro atoms. The SMILES string of the molecule is CCCCCCCCCC/C=C/CC/C=C/CC/C=C/C(O)C(COP(=O)([O-])OCC[N+](C)(C)C)NC(=O)CCCCCCCCC/C=C\CCCCCCCCCCC. The van der Waals surface area contributed by atoms with Gasteiger partial charge in [-0.2, -0.15) is 0 Å². The van der Waals surface area contributed by atoms with E-state index in [-0.39, 0.29) is 12.5 Å². The topological polar surface area (TPSA) is 108 Å². The Kier molecular flexibility index (Phi) is 41.6. The lowest BCUT2D eigenvalue weighted by molar-refractivity contribution is -0.870. The molecule has 9 heteroatoms. The molecule has 0 aromatic heterocycles. The first-order valence-corrected chi connectivity index (χ1v) is 26.5. The predicted octanol–water partition coefficient (Wildman–Crippen LogP) is 13.8. The fraction of sp³-hybridized carbons (Fsp3) is 0.824. The molecule has 0 heterocycles. The number of phosphoric ester groups is 1. The van der Waals surface area contributed by atoms with Crippen molar-refractivity contribution < 1.29 is 32.9 Å². The average molecular weight is 865 g/mol. The number of carbonyl (C=O) groups excluding carboxylic acids is 1. The Labute approximate surface area is 371 Å². The van der Waals surface area contributed by atoms with Gasteiger partial charge in [-0.05, 0) is 70.6 Å². The molecule has 0 aromatic carbocycles. The van der Waals surface area contributed by atoms with Gasteiger partial charge in [0.2, 0.25) is 5.91 Å². The molecule has 0 aliphatic carbocycles. The van der Waals surface area contributed by atoms with Crippen LogP contribution in [0, 0.1) is 0 Å². The number of rotatable bonds is 45. The molecule has 60 heavy (non-hydrogen) atoms. The first-order chi connectivity index (χ1) is 29.0. The van der Waals surface area contributed by atoms with Crippen molar-refractivity contribution in [3.63, 3.8) is 0 Å². The molecule has 0 fully saturated rings. The number of nitrogens with zero attached hydrogens (tertiary/aromatic N) is 1. The highest BCUT2D eigenvalue weighted by atomic mass is 31.2. The van der Waals surface area contributed by atoms with Crippen LogP contribution < -0.4 is 10.2 Å². The lowest BCUT2D eigenvalue weighted by atomic mass is 10.1. The number of quaternary nitrogens is 1. The molecule has 0 aliphatic heterocycles. The second kappa shape index (κ2) is 42.7. The maximum Gasteiger partial charge on any atom is 0.268 e. The third kappa shape index (κ3) is 44.5. The molecule has 1 amide bonds. The van der Waals surface area contributed by atoms with E-state index in [1.165, 1.54) is 154 Å². The molecule has 3 unspecified atom stereocenters. The fourth-order valence-corrected chi connectivity index (χ4v) is 7.73. The van der Waals surface area contributed by atoms with Gasteiger partial charge < -0.3 is 28.8 Å². The highest BCUT2D eigenvalue weighted by Crippen LogP contribution is 2.38. The third-order valence-corrected chi connectivity index (χ3v) is 12.0. The van der Waals surface area contributed by atoms with Gasteiger partial charge in [0.15, 0.2) is 0 Å². The minimum Gasteiger partial charge on any atom is -0.756 e. The number of carbonyl (C=O) groups is 1. The number of unbranched alkanes of at least 4 members (excludes halogenated alkanes) is 26. The zero-order chi connectivity index (χ0) is 44.3. The maximum absolute atomic E-state index is 12.9. The van der Waals surface area contributed by atoms with Crippen molar-refractivity contribution in [3.8, 4) is 0 Å². The van der Waals surface area contributed by atoms with Crippen molar-refractivity contribution in [3.05, 3.63) is 48.6 Å². The Morgan fingerprint density at radius 1 is 0.567 bits per heavy atom. The normalized spacial score (nSPS) is 14.6. The van der Waals surface area contributed by atoms with Crippen molar-refractivity contribution in [2.45, 2.75) is 231 Å². The summed E-state index contributed by atoms with van der Waals surface area (Å²) in [5.41, 5.74) is 0. The molecule has 0 aliphatic rings. The lowest BCUT2D eigenvalue weighted by Gasteiger charge is -2.29. The summed E-state index contributed by atoms with van der Waals surface area (Å²) >= 11 is 0. The van der Waals surface area contributed by atoms with E-state index in [9.17, 15) is 19.4 Å². The average Bonchev–Trinajstić information content (AvgIpc) is 3.20. The minimum absolute atomic E-state index is 0.0106. The van der Waals surface area contributed by atoms with Crippen LogP contribution in [0.1, 0.15) is 219 Å². The Hall–Kier alpha value is -1.54. The van der Waals surface area contributed by atoms with Gasteiger partial charge in [-0.1, -0.05) is 191 Å². The first-order valence-electron chi connectivity index (χ1n) is 25.0. The van der Waals surface area contributed by atoms with Crippen molar-refractivity contribution in [1.29, 1.82) is 0 Å². The van der Waals surface area contributed by atoms with Crippen molar-refractivity contribution in [2.24, 2.45) is 0 Å². The van der Waals surface area contributed by atoms with Gasteiger partial charge in [-0.25, -0.2) is 0 Å². The largest absolute Gasteiger partial charge is 0.756 e. The fourth-order valence-electron chi connectivity index (χ4n) is 7.00. The van der Waals surface area contributed by atoms with Crippen LogP contribution in [0.2, 0.25) is 0 Å². The molecular weight excluding hydrogens is 768 g/mol. The van der Waals surface area contributed by atoms with Crippen LogP contribution in [0.25, 0.3) is 0 Å². The molecule has 0 rings (SSSR count). The van der Waals surface area contributed by atoms with Crippen LogP contribution in [-0.4, -0.2) is 68.5 Å². The highest BCUT2D eigenvalue weighted by Gasteiger charge is 2.23. The van der Waals surface area contributed by atoms with E-state index in [0.717, 1.165) is 44.9 Å². The van der Waals surface area contributed by atoms with Crippen LogP contribution in [0.15, 0.2) is 48.6 Å². The van der Waals surface area contributed by atoms with Crippen LogP contribution in [0.3, 0.4) is 0 Å². The van der Waals surface area contributed by atoms with Gasteiger partial charge in [0.25, 0.3) is 7.82 Å². The predicted molar refractivity (Wildman–Crippen MR) is 256 cm³/mol. The molecule has 0 aromatic rings. The minimum atomic E-state index is -4.60. The number of aliphatic hydroxyl groups is 1. The zero-order valence-corrected chi connectivity index (χ0v) is 40.8. The molecular formula is C51H97N2O6P. The number of hydrogen-bond donors (Lipinski definition) is 2. The van der Waals surface area contributed by atoms with Crippen LogP contribution in [0.5, 0.6) is 0 Å². The van der Waals surface area contributed by atoms with Gasteiger partial charge in [0, 0.05) is 6.42 Å². The van der Waals surface area contributed by atoms with E-state index in [1.807, 2.05) is 27.2 Å². The Balaban J connectivity index is 4.41. The number of allylic oxidation sites excluding steroid dienone is 7. The van der Waals surface area contributed by atoms with Crippen molar-refractivity contribution in [2.75, 3.05) is 40.9 Å². The second-order valence-electron chi connectivity index (χ2n) is 18.1. The number of likely N-dealkylation sites (N-methyl/N-ethyl adjacent to an activating group) is 1. The Morgan fingerprint density at radius 2 is 0.933 bits per heavy atom. The quantitative estimate of drug-likeness (QED) is 0.0273. The molecule has 352 valence electrons. The van der Waals surface area contributed by atoms with E-state index < -0.39 is 26.6 Å². The summed E-state index contributed by atoms with van der Waals surface area (Å²) in [6, 6.07) is -0.912. The number of hydrogen-bond acceptors (Lipinski definition) is 6. The standard InChI is InChI=1S/C51H97N2O6P/c1-6-8-10-12-14-16-18-20-22-24-26-27-29-31-33-35-37-39-41-43-45-51(55)52-49(48-59-60(56,57)58-47-46-53(3,4)5)50(54)44-42-40-38-36-34-32-30-28-25-23-21-19-17-15-13-11-9-7-2/h25-28,34,36,42,44,49-50,54H,6-24,29-33,35,37-41,43,45-48H2,1-5H3,(H-,52,55,56,57)/b27-26-,28-25+,36-34+,44-42+. The van der Waals surface area contributed by atoms with Gasteiger partial charge >= 0.3 is 0 Å². The van der Waals surface area contributed by atoms with Gasteiger partial charge in [0.05, 0.1) is 39.9 Å². The van der Waals surface area contributed by atoms with Crippen LogP contribution in [-0.2, 0) is 18.4 Å². The summed E-state index contributed by atoms with van der Waals surface area (Å²) in [6.45, 7) is 4.62. The lowest BCUT2D eigenvalue weighted by Crippen LogP contribution is -2.45. The molecule has 0 saturated carbocycles. The summed E-state index contributed by atoms with van der Waals surface area (Å²) in [6.07, 6.45) is 54.5. The van der Waals surface area contributed by atoms with E-state index in [0.29, 0.717) is 17.4 Å². The monoisotopic (exact) mass is 865 g/mol. The smallest absolute Gasteiger partial charge is 0.268 e. The summed E-state index contributed by atoms with van der Waals surface area (Å²) in [5, 5.41) is 13.8. The van der Waals surface area contributed by atoms with Crippen LogP contribution in [0.4, 0.5) is 0 Å². The van der Waals surface area contributed by atoms with E-state index in [1.54, 1.807) is 6.08 Å². The van der Waals surface area contributed by atoms with Crippen molar-refractivity contribution in [1.82, 2.24) is 5.32 Å². The van der Waals surface area contributed by atoms with Gasteiger partial charge in [-0.3, -0.25) is 9.36 Å². The highest BCUT2D eigenvalue weighted by molar-refractivity contribution is 7.45. The van der Waals surface area contributed by atoms with E-state index in [2.05, 4.69) is 55.6 Å². The number of aliphatic hydroxyl groups excluding tert-OH is 1. The van der Waals surface area contributed by atoms with E-state index >= 15 is 0 Å². The summed E-state index contributed by atoms with van der Waals surface area (Å²) in [4.78, 5) is 25.4. The van der Waals surface area contributed by atoms with Gasteiger partial charge in [0.1, 0.15) is 13.2 Å². The summed E-state index contributed by atoms with van der Waals surface area (Å²) in [7, 11) is 1.23. The van der Waals surface area contributed by atoms with Gasteiger partial charge in [-0.15, -0.1) is 0 Å². The van der Waals surface area contributed by atoms with Crippen LogP contribution >= 0.6 is 7.82 Å². The second-order valence-corrected chi connectivity index (χ2v) is 19.6. The first kappa shape index (κ1) is 58.5. The Morgan fingerprint density at radius 3 is 1.35 bits per heavy atom. The van der Waals surface area contributed by atoms with Crippen molar-refractivity contribution >= 4 is 13.7 Å². The van der Waals surface area contributed by atoms with E-state index in [4.69, 9.17) is 9.05 Å². The summed E-state index contributed by atoms with van der Waals surface area (Å²) < 4.78 is 23.2. The maximum atomic E-state index is 12.9. The zero-order valence-electron chi connectivity index (χ0n) is 39.9. The number of phosphoric acid groups is 1. The number of nitrogens with one attached hydrogen (secondary N) is 1. The molecule has 3 atom stereocenters. The Bertz CT molecular complexity index is 1120. The summed E-state index contributed by atoms with van der Waals surface area (Å²) in [5.74, 6) is -0.216. The molecule has 8 nitrogen and oxygen atoms in total. The number of amides is 1. The molecule has 2 N–H and O–H groups in total. The molecule has 0 saturated heterocycles. The molecule has 0 bridgehead atoms. The molecule has 0 radical (unpaired) electrons.